The fourth-order valence-corrected chi connectivity index (χ4v) is 5.48. The molecule has 0 aromatic carbocycles. The number of phosphoric acid groups is 2. The Morgan fingerprint density at radius 1 is 1.00 bits per heavy atom. The summed E-state index contributed by atoms with van der Waals surface area (Å²) in [4.78, 5) is 44.4. The molecule has 0 aliphatic carbocycles. The molecule has 36 heavy (non-hydrogen) atoms. The number of halogens is 1. The van der Waals surface area contributed by atoms with E-state index >= 15 is 0 Å². The molecule has 3 heterocycles. The summed E-state index contributed by atoms with van der Waals surface area (Å²) in [5.74, 6) is 0. The van der Waals surface area contributed by atoms with E-state index in [2.05, 4.69) is 13.4 Å². The Hall–Kier alpha value is -1.41. The molecule has 21 heteroatoms. The molecule has 2 unspecified atom stereocenters. The van der Waals surface area contributed by atoms with Crippen LogP contribution in [0.3, 0.4) is 0 Å². The third-order valence-corrected chi connectivity index (χ3v) is 7.71. The lowest BCUT2D eigenvalue weighted by molar-refractivity contribution is -0.268. The number of nitrogens with zero attached hydrogens (tertiary/aromatic N) is 1. The molecule has 2 aliphatic rings. The Bertz CT molecular complexity index is 1130. The van der Waals surface area contributed by atoms with Gasteiger partial charge < -0.3 is 44.8 Å². The minimum absolute atomic E-state index is 0.714. The Balaban J connectivity index is 1.61. The van der Waals surface area contributed by atoms with Crippen LogP contribution in [0.1, 0.15) is 6.23 Å². The average Bonchev–Trinajstić information content (AvgIpc) is 3.06. The van der Waals surface area contributed by atoms with Gasteiger partial charge in [-0.05, 0) is 0 Å². The fourth-order valence-electron chi connectivity index (χ4n) is 3.32. The number of aromatic nitrogens is 2. The molecule has 3 rings (SSSR count). The number of aliphatic hydroxyl groups is 5. The molecule has 11 atom stereocenters. The Morgan fingerprint density at radius 2 is 1.67 bits per heavy atom. The lowest BCUT2D eigenvalue weighted by Gasteiger charge is -2.38. The van der Waals surface area contributed by atoms with Gasteiger partial charge in [0.2, 0.25) is 0 Å². The van der Waals surface area contributed by atoms with Gasteiger partial charge >= 0.3 is 21.3 Å². The highest BCUT2D eigenvalue weighted by Crippen LogP contribution is 2.61. The van der Waals surface area contributed by atoms with Gasteiger partial charge in [-0.25, -0.2) is 18.3 Å². The van der Waals surface area contributed by atoms with Crippen LogP contribution in [-0.2, 0) is 32.0 Å². The highest BCUT2D eigenvalue weighted by atomic mass is 31.3. The van der Waals surface area contributed by atoms with Crippen molar-refractivity contribution in [2.24, 2.45) is 0 Å². The number of hydrogen-bond acceptors (Lipinski definition) is 14. The molecule has 2 aliphatic heterocycles. The van der Waals surface area contributed by atoms with E-state index in [0.29, 0.717) is 4.57 Å². The van der Waals surface area contributed by atoms with E-state index < -0.39 is 95.4 Å². The number of aromatic amines is 1. The predicted octanol–water partition coefficient (Wildman–Crippen LogP) is -3.82. The van der Waals surface area contributed by atoms with Gasteiger partial charge in [0.05, 0.1) is 13.2 Å². The van der Waals surface area contributed by atoms with Crippen molar-refractivity contribution in [3.8, 4) is 0 Å². The van der Waals surface area contributed by atoms with Crippen LogP contribution >= 0.6 is 15.6 Å². The summed E-state index contributed by atoms with van der Waals surface area (Å²) in [5, 5.41) is 48.6. The maximum atomic E-state index is 13.8. The van der Waals surface area contributed by atoms with Crippen LogP contribution in [0.5, 0.6) is 0 Å². The summed E-state index contributed by atoms with van der Waals surface area (Å²) < 4.78 is 61.5. The molecule has 2 saturated heterocycles. The number of aliphatic hydroxyl groups excluding tert-OH is 5. The molecule has 8 N–H and O–H groups in total. The lowest BCUT2D eigenvalue weighted by Crippen LogP contribution is -2.57. The molecule has 0 bridgehead atoms. The van der Waals surface area contributed by atoms with Gasteiger partial charge in [0, 0.05) is 12.3 Å². The Morgan fingerprint density at radius 3 is 2.28 bits per heavy atom. The molecule has 18 nitrogen and oxygen atoms in total. The van der Waals surface area contributed by atoms with E-state index in [0.717, 1.165) is 12.3 Å². The van der Waals surface area contributed by atoms with Crippen molar-refractivity contribution in [3.05, 3.63) is 33.1 Å². The van der Waals surface area contributed by atoms with Gasteiger partial charge in [0.1, 0.15) is 36.6 Å². The second kappa shape index (κ2) is 11.1. The lowest BCUT2D eigenvalue weighted by atomic mass is 10.0. The topological polar surface area (TPSA) is 277 Å². The first kappa shape index (κ1) is 29.2. The van der Waals surface area contributed by atoms with Crippen LogP contribution in [0.2, 0.25) is 0 Å². The van der Waals surface area contributed by atoms with Crippen molar-refractivity contribution in [2.45, 2.75) is 55.3 Å². The van der Waals surface area contributed by atoms with Crippen LogP contribution in [-0.4, -0.2) is 107 Å². The summed E-state index contributed by atoms with van der Waals surface area (Å²) in [6.07, 6.45) is -16.6. The van der Waals surface area contributed by atoms with E-state index in [1.807, 2.05) is 4.98 Å². The number of ether oxygens (including phenoxy) is 2. The van der Waals surface area contributed by atoms with Gasteiger partial charge in [-0.15, -0.1) is 0 Å². The minimum Gasteiger partial charge on any atom is -0.394 e. The van der Waals surface area contributed by atoms with Crippen LogP contribution in [0.25, 0.3) is 0 Å². The largest absolute Gasteiger partial charge is 0.483 e. The molecule has 0 saturated carbocycles. The first-order valence-electron chi connectivity index (χ1n) is 9.95. The molecule has 206 valence electrons. The number of hydrogen-bond donors (Lipinski definition) is 8. The van der Waals surface area contributed by atoms with Gasteiger partial charge in [-0.3, -0.25) is 23.4 Å². The average molecular weight is 568 g/mol. The zero-order valence-corrected chi connectivity index (χ0v) is 19.6. The number of H-pyrrole nitrogens is 1. The van der Waals surface area contributed by atoms with E-state index in [1.165, 1.54) is 0 Å². The van der Waals surface area contributed by atoms with Crippen LogP contribution < -0.4 is 11.2 Å². The first-order valence-corrected chi connectivity index (χ1v) is 12.9. The zero-order valence-electron chi connectivity index (χ0n) is 17.8. The van der Waals surface area contributed by atoms with Gasteiger partial charge in [0.15, 0.2) is 18.7 Å². The summed E-state index contributed by atoms with van der Waals surface area (Å²) in [6, 6.07) is 0.921. The van der Waals surface area contributed by atoms with E-state index in [-0.39, 0.29) is 0 Å². The summed E-state index contributed by atoms with van der Waals surface area (Å²) >= 11 is 0. The molecule has 1 aromatic rings. The molecule has 2 fully saturated rings. The molecule has 1 aromatic heterocycles. The second-order valence-electron chi connectivity index (χ2n) is 7.63. The summed E-state index contributed by atoms with van der Waals surface area (Å²) in [6.45, 7) is -2.07. The van der Waals surface area contributed by atoms with Crippen LogP contribution in [0, 0.1) is 0 Å². The monoisotopic (exact) mass is 568 g/mol. The third kappa shape index (κ3) is 6.53. The SMILES string of the molecule is O=c1ccn([C@@H]2O[C@H](COP(=O)(O)OP(=O)(O)O[C@H]3O[C@H](CO)[C@@H](F)[C@H](O)[C@H]3O)[C@@H](O)[C@H]2O)c(=O)[nH]1. The van der Waals surface area contributed by atoms with Crippen molar-refractivity contribution in [3.63, 3.8) is 0 Å². The predicted molar refractivity (Wildman–Crippen MR) is 108 cm³/mol. The maximum absolute atomic E-state index is 13.8. The molecular weight excluding hydrogens is 545 g/mol. The third-order valence-electron chi connectivity index (χ3n) is 5.11. The second-order valence-corrected chi connectivity index (χ2v) is 10.6. The number of rotatable bonds is 9. The Labute approximate surface area is 199 Å². The molecule has 0 radical (unpaired) electrons. The Kier molecular flexibility index (Phi) is 9.02. The standard InChI is InChI=1S/C15H23FN2O16P2/c16-8-5(3-19)32-14(12(24)10(8)22)33-36(28,29)34-35(26,27)30-4-6-9(21)11(23)13(31-6)18-2-1-7(20)17-15(18)25/h1-2,5-6,8-14,19,21-24H,3-4H2,(H,26,27)(H,28,29)(H,17,20,25)/t5-,6-,8-,9-,10+,11-,12-,13-,14-/m1/s1. The minimum atomic E-state index is -5.63. The van der Waals surface area contributed by atoms with Crippen molar-refractivity contribution >= 4 is 15.6 Å². The van der Waals surface area contributed by atoms with Crippen LogP contribution in [0.4, 0.5) is 4.39 Å². The fraction of sp³-hybridized carbons (Fsp3) is 0.733. The van der Waals surface area contributed by atoms with Crippen LogP contribution in [0.15, 0.2) is 21.9 Å². The van der Waals surface area contributed by atoms with Gasteiger partial charge in [-0.1, -0.05) is 0 Å². The van der Waals surface area contributed by atoms with Crippen molar-refractivity contribution in [1.29, 1.82) is 0 Å². The van der Waals surface area contributed by atoms with Crippen molar-refractivity contribution < 1.29 is 71.7 Å². The highest BCUT2D eigenvalue weighted by molar-refractivity contribution is 7.61. The smallest absolute Gasteiger partial charge is 0.394 e. The maximum Gasteiger partial charge on any atom is 0.483 e. The number of alkyl halides is 1. The zero-order chi connectivity index (χ0) is 27.0. The van der Waals surface area contributed by atoms with Gasteiger partial charge in [-0.2, -0.15) is 4.31 Å². The van der Waals surface area contributed by atoms with Crippen molar-refractivity contribution in [1.82, 2.24) is 9.55 Å². The first-order chi connectivity index (χ1) is 16.7. The quantitative estimate of drug-likeness (QED) is 0.133. The normalized spacial score (nSPS) is 38.4. The van der Waals surface area contributed by atoms with E-state index in [1.54, 1.807) is 0 Å². The summed E-state index contributed by atoms with van der Waals surface area (Å²) in [5.41, 5.74) is -1.76. The molecule has 0 spiro atoms. The van der Waals surface area contributed by atoms with E-state index in [4.69, 9.17) is 14.6 Å². The van der Waals surface area contributed by atoms with Gasteiger partial charge in [0.25, 0.3) is 5.56 Å². The van der Waals surface area contributed by atoms with E-state index in [9.17, 15) is 53.3 Å². The molecular formula is C15H23FN2O16P2. The summed E-state index contributed by atoms with van der Waals surface area (Å²) in [7, 11) is -11.1. The highest BCUT2D eigenvalue weighted by Gasteiger charge is 2.50. The van der Waals surface area contributed by atoms with Crippen molar-refractivity contribution in [2.75, 3.05) is 13.2 Å². The number of nitrogens with one attached hydrogen (secondary N) is 1. The molecule has 0 amide bonds. The number of phosphoric ester groups is 2.